The van der Waals surface area contributed by atoms with Gasteiger partial charge in [0.15, 0.2) is 6.61 Å². The number of nitrogen functional groups attached to an aromatic ring is 1. The maximum Gasteiger partial charge on any atom is 0.326 e. The summed E-state index contributed by atoms with van der Waals surface area (Å²) in [5.74, 6) is -0.512. The molecule has 11 heteroatoms. The van der Waals surface area contributed by atoms with Crippen LogP contribution in [0.25, 0.3) is 10.8 Å². The lowest BCUT2D eigenvalue weighted by atomic mass is 10.0. The fourth-order valence-corrected chi connectivity index (χ4v) is 6.75. The van der Waals surface area contributed by atoms with Crippen LogP contribution in [0.15, 0.2) is 89.8 Å². The second-order valence-corrected chi connectivity index (χ2v) is 11.8. The van der Waals surface area contributed by atoms with Gasteiger partial charge < -0.3 is 20.1 Å². The summed E-state index contributed by atoms with van der Waals surface area (Å²) >= 11 is 0. The number of hydrogen-bond acceptors (Lipinski definition) is 7. The number of anilines is 2. The largest absolute Gasteiger partial charge is 0.484 e. The Balaban J connectivity index is 1.43. The number of carbonyl (C=O) groups excluding carboxylic acids is 2. The molecule has 1 amide bonds. The number of amides is 1. The van der Waals surface area contributed by atoms with Crippen molar-refractivity contribution in [2.75, 3.05) is 35.5 Å². The first-order valence-corrected chi connectivity index (χ1v) is 15.3. The quantitative estimate of drug-likeness (QED) is 0.157. The van der Waals surface area contributed by atoms with Gasteiger partial charge in [-0.2, -0.15) is 0 Å². The minimum absolute atomic E-state index is 0.0577. The molecule has 0 radical (unpaired) electrons. The highest BCUT2D eigenvalue weighted by atomic mass is 32.2. The molecule has 10 nitrogen and oxygen atoms in total. The molecule has 0 spiro atoms. The minimum atomic E-state index is -4.19. The molecule has 0 atom stereocenters. The highest BCUT2D eigenvalue weighted by Gasteiger charge is 2.31. The number of fused-ring (bicyclic) bond motifs is 2. The van der Waals surface area contributed by atoms with Crippen molar-refractivity contribution < 1.29 is 27.5 Å². The zero-order chi connectivity index (χ0) is 30.6. The van der Waals surface area contributed by atoms with Crippen LogP contribution in [0.4, 0.5) is 11.4 Å². The van der Waals surface area contributed by atoms with Gasteiger partial charge in [-0.3, -0.25) is 19.3 Å². The molecule has 0 fully saturated rings. The number of nitrogens with one attached hydrogen (secondary N) is 1. The number of hydrogen-bond donors (Lipinski definition) is 2. The fraction of sp³-hybridized carbons (Fsp3) is 0.219. The zero-order valence-corrected chi connectivity index (χ0v) is 24.5. The van der Waals surface area contributed by atoms with E-state index in [1.807, 2.05) is 18.2 Å². The molecule has 0 unspecified atom stereocenters. The van der Waals surface area contributed by atoms with Gasteiger partial charge in [0.2, 0.25) is 0 Å². The Hall–Kier alpha value is -4.90. The summed E-state index contributed by atoms with van der Waals surface area (Å²) in [5.41, 5.74) is 7.79. The highest BCUT2D eigenvalue weighted by Crippen LogP contribution is 2.34. The van der Waals surface area contributed by atoms with Crippen LogP contribution in [0.2, 0.25) is 0 Å². The molecule has 0 aromatic heterocycles. The molecule has 222 valence electrons. The number of rotatable bonds is 10. The predicted octanol–water partition coefficient (Wildman–Crippen LogP) is 4.24. The summed E-state index contributed by atoms with van der Waals surface area (Å²) in [4.78, 5) is 27.5. The maximum atomic E-state index is 14.1. The predicted molar refractivity (Wildman–Crippen MR) is 165 cm³/mol. The van der Waals surface area contributed by atoms with Crippen LogP contribution in [-0.4, -0.2) is 52.4 Å². The van der Waals surface area contributed by atoms with Crippen LogP contribution in [-0.2, 0) is 30.8 Å². The van der Waals surface area contributed by atoms with E-state index < -0.39 is 22.5 Å². The Kier molecular flexibility index (Phi) is 8.63. The molecule has 43 heavy (non-hydrogen) atoms. The third kappa shape index (κ3) is 6.31. The van der Waals surface area contributed by atoms with Gasteiger partial charge in [-0.15, -0.1) is 0 Å². The molecule has 4 aromatic rings. The number of amidine groups is 1. The third-order valence-electron chi connectivity index (χ3n) is 7.19. The Morgan fingerprint density at radius 3 is 2.49 bits per heavy atom. The molecule has 4 aromatic carbocycles. The summed E-state index contributed by atoms with van der Waals surface area (Å²) in [6.45, 7) is 1.56. The molecule has 0 saturated carbocycles. The van der Waals surface area contributed by atoms with Crippen molar-refractivity contribution in [2.24, 2.45) is 5.73 Å². The summed E-state index contributed by atoms with van der Waals surface area (Å²) < 4.78 is 40.1. The average Bonchev–Trinajstić information content (AvgIpc) is 3.01. The summed E-state index contributed by atoms with van der Waals surface area (Å²) in [6, 6.07) is 23.8. The fourth-order valence-electron chi connectivity index (χ4n) is 5.13. The number of benzene rings is 4. The van der Waals surface area contributed by atoms with Crippen molar-refractivity contribution in [3.05, 3.63) is 96.1 Å². The van der Waals surface area contributed by atoms with Gasteiger partial charge in [-0.1, -0.05) is 36.4 Å². The summed E-state index contributed by atoms with van der Waals surface area (Å²) in [6.07, 6.45) is 1.30. The lowest BCUT2D eigenvalue weighted by Gasteiger charge is -2.31. The van der Waals surface area contributed by atoms with Crippen LogP contribution in [0.3, 0.4) is 0 Å². The zero-order valence-electron chi connectivity index (χ0n) is 23.7. The van der Waals surface area contributed by atoms with Crippen LogP contribution < -0.4 is 19.7 Å². The number of carbonyl (C=O) groups is 2. The summed E-state index contributed by atoms with van der Waals surface area (Å²) in [7, 11) is -4.19. The van der Waals surface area contributed by atoms with E-state index in [0.717, 1.165) is 15.3 Å². The number of aryl methyl sites for hydroxylation is 1. The lowest BCUT2D eigenvalue weighted by Crippen LogP contribution is -2.39. The molecular formula is C32H32N4O6S. The number of nitrogens with zero attached hydrogens (tertiary/aromatic N) is 2. The van der Waals surface area contributed by atoms with Gasteiger partial charge in [-0.25, -0.2) is 8.42 Å². The van der Waals surface area contributed by atoms with Crippen LogP contribution in [0, 0.1) is 5.41 Å². The Morgan fingerprint density at radius 1 is 1.00 bits per heavy atom. The first kappa shape index (κ1) is 29.6. The number of ether oxygens (including phenoxy) is 2. The first-order valence-electron chi connectivity index (χ1n) is 13.9. The Labute approximate surface area is 250 Å². The maximum absolute atomic E-state index is 14.1. The lowest BCUT2D eigenvalue weighted by molar-refractivity contribution is -0.141. The van der Waals surface area contributed by atoms with Crippen molar-refractivity contribution >= 4 is 49.9 Å². The van der Waals surface area contributed by atoms with E-state index in [9.17, 15) is 18.0 Å². The Morgan fingerprint density at radius 2 is 1.74 bits per heavy atom. The van der Waals surface area contributed by atoms with Gasteiger partial charge in [0.25, 0.3) is 15.9 Å². The monoisotopic (exact) mass is 600 g/mol. The van der Waals surface area contributed by atoms with Gasteiger partial charge in [-0.05, 0) is 79.2 Å². The second-order valence-electron chi connectivity index (χ2n) is 9.98. The molecule has 0 bridgehead atoms. The number of sulfonamides is 1. The second kappa shape index (κ2) is 12.5. The van der Waals surface area contributed by atoms with E-state index in [1.54, 1.807) is 72.5 Å². The van der Waals surface area contributed by atoms with E-state index in [1.165, 1.54) is 6.07 Å². The van der Waals surface area contributed by atoms with Crippen molar-refractivity contribution in [3.8, 4) is 5.75 Å². The van der Waals surface area contributed by atoms with Crippen molar-refractivity contribution in [1.82, 2.24) is 0 Å². The SMILES string of the molecule is CCOC(=O)CN(c1ccc2c(c1)CCCN2C(=O)COc1ccc(C(=N)N)cc1)S(=O)(=O)c1cccc2ccccc12. The van der Waals surface area contributed by atoms with Gasteiger partial charge in [0.05, 0.1) is 17.2 Å². The summed E-state index contributed by atoms with van der Waals surface area (Å²) in [5, 5.41) is 8.81. The number of esters is 1. The molecule has 5 rings (SSSR count). The van der Waals surface area contributed by atoms with Crippen LogP contribution in [0.5, 0.6) is 5.75 Å². The van der Waals surface area contributed by atoms with Gasteiger partial charge in [0, 0.05) is 23.2 Å². The van der Waals surface area contributed by atoms with Crippen molar-refractivity contribution in [2.45, 2.75) is 24.7 Å². The van der Waals surface area contributed by atoms with E-state index >= 15 is 0 Å². The molecular weight excluding hydrogens is 568 g/mol. The van der Waals surface area contributed by atoms with E-state index in [0.29, 0.717) is 47.5 Å². The Bertz CT molecular complexity index is 1780. The number of nitrogens with two attached hydrogens (primary N) is 1. The van der Waals surface area contributed by atoms with Crippen molar-refractivity contribution in [3.63, 3.8) is 0 Å². The standard InChI is InChI=1S/C32H32N4O6S/c1-2-41-31(38)20-36(43(39,40)29-11-5-8-22-7-3-4-10-27(22)29)25-14-17-28-24(19-25)9-6-18-35(28)30(37)21-42-26-15-12-23(13-16-26)32(33)34/h3-5,7-8,10-17,19H,2,6,9,18,20-21H2,1H3,(H3,33,34). The van der Waals surface area contributed by atoms with Gasteiger partial charge in [0.1, 0.15) is 18.1 Å². The molecule has 3 N–H and O–H groups in total. The normalized spacial score (nSPS) is 12.8. The smallest absolute Gasteiger partial charge is 0.326 e. The topological polar surface area (TPSA) is 143 Å². The minimum Gasteiger partial charge on any atom is -0.484 e. The van der Waals surface area contributed by atoms with E-state index in [2.05, 4.69) is 0 Å². The highest BCUT2D eigenvalue weighted by molar-refractivity contribution is 7.93. The molecule has 0 saturated heterocycles. The molecule has 1 aliphatic heterocycles. The average molecular weight is 601 g/mol. The molecule has 1 heterocycles. The van der Waals surface area contributed by atoms with E-state index in [-0.39, 0.29) is 29.9 Å². The molecule has 1 aliphatic rings. The third-order valence-corrected chi connectivity index (χ3v) is 9.03. The van der Waals surface area contributed by atoms with E-state index in [4.69, 9.17) is 20.6 Å². The van der Waals surface area contributed by atoms with Crippen LogP contribution >= 0.6 is 0 Å². The van der Waals surface area contributed by atoms with Crippen molar-refractivity contribution in [1.29, 1.82) is 5.41 Å². The first-order chi connectivity index (χ1) is 20.7. The van der Waals surface area contributed by atoms with Crippen LogP contribution in [0.1, 0.15) is 24.5 Å². The molecule has 0 aliphatic carbocycles. The van der Waals surface area contributed by atoms with Gasteiger partial charge >= 0.3 is 5.97 Å².